The van der Waals surface area contributed by atoms with Gasteiger partial charge in [0, 0.05) is 12.4 Å². The van der Waals surface area contributed by atoms with Crippen molar-refractivity contribution in [3.8, 4) is 0 Å². The molecule has 0 spiro atoms. The molecule has 0 rings (SSSR count). The second-order valence-electron chi connectivity index (χ2n) is 0.644. The van der Waals surface area contributed by atoms with E-state index in [4.69, 9.17) is 5.73 Å². The van der Waals surface area contributed by atoms with Crippen LogP contribution < -0.4 is 11.1 Å². The molecule has 0 atom stereocenters. The maximum atomic E-state index is 4.91. The minimum absolute atomic E-state index is 1.38. The van der Waals surface area contributed by atoms with Crippen LogP contribution in [-0.4, -0.2) is 5.49 Å². The molecular formula is C3H6N2S. The van der Waals surface area contributed by atoms with E-state index in [1.807, 2.05) is 0 Å². The monoisotopic (exact) mass is 102 g/mol. The summed E-state index contributed by atoms with van der Waals surface area (Å²) in [6.07, 6.45) is 2.93. The van der Waals surface area contributed by atoms with Crippen LogP contribution in [0.25, 0.3) is 0 Å². The lowest BCUT2D eigenvalue weighted by atomic mass is 10.9. The molecule has 34 valence electrons. The van der Waals surface area contributed by atoms with Gasteiger partial charge in [-0.25, -0.2) is 0 Å². The molecule has 0 unspecified atom stereocenters. The lowest BCUT2D eigenvalue weighted by molar-refractivity contribution is 1.32. The molecule has 0 aromatic carbocycles. The van der Waals surface area contributed by atoms with Crippen LogP contribution >= 0.6 is 12.2 Å². The van der Waals surface area contributed by atoms with Crippen molar-refractivity contribution in [2.24, 2.45) is 5.73 Å². The first-order valence-corrected chi connectivity index (χ1v) is 1.95. The minimum Gasteiger partial charge on any atom is -0.403 e. The maximum absolute atomic E-state index is 4.91. The highest BCUT2D eigenvalue weighted by Gasteiger charge is 1.52. The zero-order chi connectivity index (χ0) is 4.83. The Morgan fingerprint density at radius 3 is 2.50 bits per heavy atom. The molecule has 0 aromatic rings. The third kappa shape index (κ3) is 3.43. The average Bonchev–Trinajstić information content (AvgIpc) is 1.61. The molecule has 0 aliphatic carbocycles. The second kappa shape index (κ2) is 4.43. The minimum atomic E-state index is 1.38. The Morgan fingerprint density at radius 1 is 1.67 bits per heavy atom. The van der Waals surface area contributed by atoms with Gasteiger partial charge in [0.2, 0.25) is 0 Å². The molecule has 0 saturated heterocycles. The highest BCUT2D eigenvalue weighted by molar-refractivity contribution is 7.78. The van der Waals surface area contributed by atoms with Crippen LogP contribution in [0, 0.1) is 0 Å². The zero-order valence-electron chi connectivity index (χ0n) is 3.22. The van der Waals surface area contributed by atoms with E-state index < -0.39 is 0 Å². The van der Waals surface area contributed by atoms with Crippen LogP contribution in [0.1, 0.15) is 0 Å². The largest absolute Gasteiger partial charge is 0.403 e. The molecule has 0 heterocycles. The molecule has 6 heavy (non-hydrogen) atoms. The Balaban J connectivity index is 2.85. The number of hydrogen-bond donors (Lipinski definition) is 2. The lowest BCUT2D eigenvalue weighted by Gasteiger charge is -1.77. The Morgan fingerprint density at radius 2 is 2.33 bits per heavy atom. The van der Waals surface area contributed by atoms with Gasteiger partial charge < -0.3 is 11.1 Å². The van der Waals surface area contributed by atoms with Crippen molar-refractivity contribution in [3.63, 3.8) is 0 Å². The summed E-state index contributed by atoms with van der Waals surface area (Å²) in [5.74, 6) is 0. The van der Waals surface area contributed by atoms with E-state index in [1.54, 1.807) is 6.20 Å². The molecule has 0 fully saturated rings. The summed E-state index contributed by atoms with van der Waals surface area (Å²) < 4.78 is 0. The van der Waals surface area contributed by atoms with Crippen LogP contribution in [0.15, 0.2) is 12.4 Å². The van der Waals surface area contributed by atoms with Gasteiger partial charge in [-0.05, 0) is 0 Å². The summed E-state index contributed by atoms with van der Waals surface area (Å²) in [7, 11) is 0. The average molecular weight is 102 g/mol. The van der Waals surface area contributed by atoms with Gasteiger partial charge in [0.15, 0.2) is 0 Å². The second-order valence-corrected chi connectivity index (χ2v) is 0.879. The first-order chi connectivity index (χ1) is 2.91. The van der Waals surface area contributed by atoms with Crippen molar-refractivity contribution in [1.29, 1.82) is 0 Å². The first kappa shape index (κ1) is 5.43. The normalized spacial score (nSPS) is 8.67. The Bertz CT molecular complexity index is 59.8. The number of hydrogen-bond acceptors (Lipinski definition) is 2. The quantitative estimate of drug-likeness (QED) is 0.480. The maximum Gasteiger partial charge on any atom is 0.0654 e. The third-order valence-corrected chi connectivity index (χ3v) is 0.397. The van der Waals surface area contributed by atoms with E-state index in [-0.39, 0.29) is 0 Å². The number of nitrogens with two attached hydrogens (primary N) is 1. The number of nitrogens with one attached hydrogen (secondary N) is 1. The molecule has 2 nitrogen and oxygen atoms in total. The SMILES string of the molecule is N/C=C\NC=S. The molecule has 0 radical (unpaired) electrons. The van der Waals surface area contributed by atoms with Crippen molar-refractivity contribution in [3.05, 3.63) is 12.4 Å². The van der Waals surface area contributed by atoms with Gasteiger partial charge in [-0.1, -0.05) is 12.2 Å². The van der Waals surface area contributed by atoms with Crippen LogP contribution in [-0.2, 0) is 0 Å². The third-order valence-electron chi connectivity index (χ3n) is 0.260. The first-order valence-electron chi connectivity index (χ1n) is 1.48. The van der Waals surface area contributed by atoms with Gasteiger partial charge >= 0.3 is 0 Å². The summed E-state index contributed by atoms with van der Waals surface area (Å²) in [6, 6.07) is 0. The number of rotatable bonds is 2. The van der Waals surface area contributed by atoms with E-state index in [2.05, 4.69) is 17.5 Å². The standard InChI is InChI=1S/C3H6N2S/c4-1-2-5-3-6/h1-3H,4H2,(H,5,6)/b2-1-. The van der Waals surface area contributed by atoms with E-state index in [0.29, 0.717) is 0 Å². The predicted molar refractivity (Wildman–Crippen MR) is 30.1 cm³/mol. The van der Waals surface area contributed by atoms with E-state index >= 15 is 0 Å². The van der Waals surface area contributed by atoms with Gasteiger partial charge in [0.1, 0.15) is 0 Å². The van der Waals surface area contributed by atoms with E-state index in [0.717, 1.165) is 0 Å². The van der Waals surface area contributed by atoms with E-state index in [1.165, 1.54) is 11.7 Å². The van der Waals surface area contributed by atoms with Crippen LogP contribution in [0.2, 0.25) is 0 Å². The zero-order valence-corrected chi connectivity index (χ0v) is 4.03. The Labute approximate surface area is 42.0 Å². The van der Waals surface area contributed by atoms with Crippen LogP contribution in [0.3, 0.4) is 0 Å². The lowest BCUT2D eigenvalue weighted by Crippen LogP contribution is -1.97. The van der Waals surface area contributed by atoms with Gasteiger partial charge in [-0.3, -0.25) is 0 Å². The highest BCUT2D eigenvalue weighted by atomic mass is 32.1. The smallest absolute Gasteiger partial charge is 0.0654 e. The summed E-state index contributed by atoms with van der Waals surface area (Å²) in [4.78, 5) is 0. The van der Waals surface area contributed by atoms with Gasteiger partial charge in [0.25, 0.3) is 0 Å². The molecular weight excluding hydrogens is 96.1 g/mol. The molecule has 3 N–H and O–H groups in total. The molecule has 0 aliphatic rings. The molecule has 0 aliphatic heterocycles. The molecule has 0 bridgehead atoms. The van der Waals surface area contributed by atoms with Crippen molar-refractivity contribution in [2.45, 2.75) is 0 Å². The fourth-order valence-corrected chi connectivity index (χ4v) is 0.173. The van der Waals surface area contributed by atoms with Crippen LogP contribution in [0.4, 0.5) is 0 Å². The van der Waals surface area contributed by atoms with Crippen molar-refractivity contribution >= 4 is 17.7 Å². The molecule has 0 aromatic heterocycles. The van der Waals surface area contributed by atoms with E-state index in [9.17, 15) is 0 Å². The Hall–Kier alpha value is -0.570. The summed E-state index contributed by atoms with van der Waals surface area (Å²) in [5.41, 5.74) is 6.28. The fourth-order valence-electron chi connectivity index (χ4n) is 0.0948. The predicted octanol–water partition coefficient (Wildman–Crippen LogP) is -0.0369. The summed E-state index contributed by atoms with van der Waals surface area (Å²) in [6.45, 7) is 0. The van der Waals surface area contributed by atoms with Crippen LogP contribution in [0.5, 0.6) is 0 Å². The Kier molecular flexibility index (Phi) is 4.01. The summed E-state index contributed by atoms with van der Waals surface area (Å²) in [5, 5.41) is 2.58. The van der Waals surface area contributed by atoms with Crippen molar-refractivity contribution in [2.75, 3.05) is 0 Å². The van der Waals surface area contributed by atoms with Gasteiger partial charge in [0.05, 0.1) is 5.49 Å². The topological polar surface area (TPSA) is 38.0 Å². The van der Waals surface area contributed by atoms with Gasteiger partial charge in [-0.2, -0.15) is 0 Å². The summed E-state index contributed by atoms with van der Waals surface area (Å²) >= 11 is 4.37. The molecule has 0 amide bonds. The molecule has 0 saturated carbocycles. The highest BCUT2D eigenvalue weighted by Crippen LogP contribution is 1.47. The van der Waals surface area contributed by atoms with Crippen molar-refractivity contribution < 1.29 is 0 Å². The fraction of sp³-hybridized carbons (Fsp3) is 0. The molecule has 3 heteroatoms. The van der Waals surface area contributed by atoms with Gasteiger partial charge in [-0.15, -0.1) is 0 Å². The van der Waals surface area contributed by atoms with Crippen molar-refractivity contribution in [1.82, 2.24) is 5.32 Å². The number of thiocarbonyl (C=S) groups is 1.